The van der Waals surface area contributed by atoms with Crippen molar-refractivity contribution in [3.05, 3.63) is 35.4 Å². The number of benzene rings is 1. The van der Waals surface area contributed by atoms with Crippen molar-refractivity contribution in [1.29, 1.82) is 0 Å². The van der Waals surface area contributed by atoms with Gasteiger partial charge in [-0.15, -0.1) is 0 Å². The van der Waals surface area contributed by atoms with Crippen LogP contribution in [0, 0.1) is 0 Å². The molecule has 1 aromatic rings. The zero-order valence-electron chi connectivity index (χ0n) is 7.51. The lowest BCUT2D eigenvalue weighted by Gasteiger charge is -2.02. The Morgan fingerprint density at radius 3 is 1.50 bits per heavy atom. The predicted molar refractivity (Wildman–Crippen MR) is 48.1 cm³/mol. The van der Waals surface area contributed by atoms with Gasteiger partial charge in [-0.05, 0) is 11.1 Å². The molecule has 0 atom stereocenters. The van der Waals surface area contributed by atoms with Crippen LogP contribution in [0.1, 0.15) is 11.1 Å². The monoisotopic (exact) mass is 194 g/mol. The largest absolute Gasteiger partial charge is 0.463 e. The standard InChI is InChI=1S/C10H10O4/c11-7-13-5-9-1-2-10(4-3-9)6-14-8-12/h1-4,7-8H,5-6H2. The van der Waals surface area contributed by atoms with Crippen LogP contribution in [0.15, 0.2) is 24.3 Å². The Morgan fingerprint density at radius 1 is 0.857 bits per heavy atom. The number of carbonyl (C=O) groups excluding carboxylic acids is 2. The summed E-state index contributed by atoms with van der Waals surface area (Å²) in [5.74, 6) is 0. The van der Waals surface area contributed by atoms with E-state index in [0.717, 1.165) is 11.1 Å². The Labute approximate surface area is 81.4 Å². The molecule has 0 heterocycles. The average molecular weight is 194 g/mol. The SMILES string of the molecule is O=COCc1ccc(COC=O)cc1. The zero-order valence-corrected chi connectivity index (χ0v) is 7.51. The average Bonchev–Trinajstić information content (AvgIpc) is 2.25. The van der Waals surface area contributed by atoms with Crippen molar-refractivity contribution in [1.82, 2.24) is 0 Å². The molecule has 0 aliphatic carbocycles. The first-order chi connectivity index (χ1) is 6.86. The van der Waals surface area contributed by atoms with E-state index in [1.54, 1.807) is 0 Å². The molecule has 4 nitrogen and oxygen atoms in total. The molecule has 1 aromatic carbocycles. The van der Waals surface area contributed by atoms with Gasteiger partial charge in [0.1, 0.15) is 13.2 Å². The molecule has 1 rings (SSSR count). The normalized spacial score (nSPS) is 9.14. The highest BCUT2D eigenvalue weighted by Gasteiger charge is 1.94. The van der Waals surface area contributed by atoms with Gasteiger partial charge in [-0.1, -0.05) is 24.3 Å². The van der Waals surface area contributed by atoms with Gasteiger partial charge in [0.25, 0.3) is 12.9 Å². The van der Waals surface area contributed by atoms with Gasteiger partial charge in [-0.25, -0.2) is 0 Å². The van der Waals surface area contributed by atoms with Crippen LogP contribution in [-0.2, 0) is 32.3 Å². The highest BCUT2D eigenvalue weighted by atomic mass is 16.5. The second-order valence-corrected chi connectivity index (χ2v) is 2.63. The van der Waals surface area contributed by atoms with Crippen LogP contribution in [0.4, 0.5) is 0 Å². The maximum Gasteiger partial charge on any atom is 0.293 e. The van der Waals surface area contributed by atoms with Crippen molar-refractivity contribution in [2.75, 3.05) is 0 Å². The highest BCUT2D eigenvalue weighted by molar-refractivity contribution is 5.38. The molecule has 0 aliphatic heterocycles. The minimum Gasteiger partial charge on any atom is -0.463 e. The molecule has 0 aromatic heterocycles. The summed E-state index contributed by atoms with van der Waals surface area (Å²) in [5.41, 5.74) is 1.79. The first kappa shape index (κ1) is 10.2. The lowest BCUT2D eigenvalue weighted by Crippen LogP contribution is -1.93. The van der Waals surface area contributed by atoms with E-state index in [4.69, 9.17) is 0 Å². The molecule has 0 fully saturated rings. The molecular weight excluding hydrogens is 184 g/mol. The minimum atomic E-state index is 0.262. The Hall–Kier alpha value is -1.84. The van der Waals surface area contributed by atoms with Gasteiger partial charge in [0, 0.05) is 0 Å². The first-order valence-electron chi connectivity index (χ1n) is 4.05. The van der Waals surface area contributed by atoms with E-state index in [1.165, 1.54) is 0 Å². The van der Waals surface area contributed by atoms with Crippen molar-refractivity contribution >= 4 is 12.9 Å². The summed E-state index contributed by atoms with van der Waals surface area (Å²) in [7, 11) is 0. The van der Waals surface area contributed by atoms with Gasteiger partial charge in [0.2, 0.25) is 0 Å². The summed E-state index contributed by atoms with van der Waals surface area (Å²) in [6, 6.07) is 7.25. The maximum absolute atomic E-state index is 9.91. The fourth-order valence-electron chi connectivity index (χ4n) is 0.992. The van der Waals surface area contributed by atoms with E-state index < -0.39 is 0 Å². The van der Waals surface area contributed by atoms with Crippen molar-refractivity contribution in [2.24, 2.45) is 0 Å². The third-order valence-corrected chi connectivity index (χ3v) is 1.66. The number of hydrogen-bond acceptors (Lipinski definition) is 4. The van der Waals surface area contributed by atoms with Gasteiger partial charge >= 0.3 is 0 Å². The fraction of sp³-hybridized carbons (Fsp3) is 0.200. The third kappa shape index (κ3) is 3.26. The molecule has 74 valence electrons. The summed E-state index contributed by atoms with van der Waals surface area (Å²) >= 11 is 0. The number of hydrogen-bond donors (Lipinski definition) is 0. The number of ether oxygens (including phenoxy) is 2. The summed E-state index contributed by atoms with van der Waals surface area (Å²) in [5, 5.41) is 0. The fourth-order valence-corrected chi connectivity index (χ4v) is 0.992. The molecule has 0 N–H and O–H groups in total. The molecule has 0 spiro atoms. The smallest absolute Gasteiger partial charge is 0.293 e. The van der Waals surface area contributed by atoms with E-state index in [1.807, 2.05) is 24.3 Å². The minimum absolute atomic E-state index is 0.262. The van der Waals surface area contributed by atoms with E-state index in [2.05, 4.69) is 9.47 Å². The van der Waals surface area contributed by atoms with Gasteiger partial charge in [0.05, 0.1) is 0 Å². The van der Waals surface area contributed by atoms with Crippen LogP contribution >= 0.6 is 0 Å². The lowest BCUT2D eigenvalue weighted by molar-refractivity contribution is -0.130. The lowest BCUT2D eigenvalue weighted by atomic mass is 10.1. The van der Waals surface area contributed by atoms with Gasteiger partial charge in [0.15, 0.2) is 0 Å². The van der Waals surface area contributed by atoms with Crippen LogP contribution < -0.4 is 0 Å². The quantitative estimate of drug-likeness (QED) is 0.635. The zero-order chi connectivity index (χ0) is 10.2. The van der Waals surface area contributed by atoms with Crippen molar-refractivity contribution < 1.29 is 19.1 Å². The second kappa shape index (κ2) is 5.75. The van der Waals surface area contributed by atoms with Crippen LogP contribution in [-0.4, -0.2) is 12.9 Å². The van der Waals surface area contributed by atoms with Crippen LogP contribution in [0.3, 0.4) is 0 Å². The maximum atomic E-state index is 9.91. The molecule has 4 heteroatoms. The molecular formula is C10H10O4. The number of carbonyl (C=O) groups is 2. The summed E-state index contributed by atoms with van der Waals surface area (Å²) < 4.78 is 9.15. The molecule has 0 radical (unpaired) electrons. The Kier molecular flexibility index (Phi) is 4.20. The Morgan fingerprint density at radius 2 is 1.21 bits per heavy atom. The molecule has 0 saturated heterocycles. The van der Waals surface area contributed by atoms with E-state index in [0.29, 0.717) is 12.9 Å². The summed E-state index contributed by atoms with van der Waals surface area (Å²) in [4.78, 5) is 19.8. The topological polar surface area (TPSA) is 52.6 Å². The second-order valence-electron chi connectivity index (χ2n) is 2.63. The van der Waals surface area contributed by atoms with Gasteiger partial charge in [-0.3, -0.25) is 9.59 Å². The molecule has 0 bridgehead atoms. The van der Waals surface area contributed by atoms with Crippen LogP contribution in [0.5, 0.6) is 0 Å². The van der Waals surface area contributed by atoms with Crippen molar-refractivity contribution in [2.45, 2.75) is 13.2 Å². The van der Waals surface area contributed by atoms with Crippen molar-refractivity contribution in [3.8, 4) is 0 Å². The van der Waals surface area contributed by atoms with Gasteiger partial charge < -0.3 is 9.47 Å². The Bertz CT molecular complexity index is 260. The van der Waals surface area contributed by atoms with Crippen LogP contribution in [0.25, 0.3) is 0 Å². The third-order valence-electron chi connectivity index (χ3n) is 1.66. The molecule has 0 unspecified atom stereocenters. The number of rotatable bonds is 6. The van der Waals surface area contributed by atoms with Crippen molar-refractivity contribution in [3.63, 3.8) is 0 Å². The van der Waals surface area contributed by atoms with Gasteiger partial charge in [-0.2, -0.15) is 0 Å². The summed E-state index contributed by atoms with van der Waals surface area (Å²) in [6.45, 7) is 1.34. The van der Waals surface area contributed by atoms with E-state index in [-0.39, 0.29) is 13.2 Å². The van der Waals surface area contributed by atoms with E-state index >= 15 is 0 Å². The summed E-state index contributed by atoms with van der Waals surface area (Å²) in [6.07, 6.45) is 0. The van der Waals surface area contributed by atoms with Crippen LogP contribution in [0.2, 0.25) is 0 Å². The highest BCUT2D eigenvalue weighted by Crippen LogP contribution is 2.06. The molecule has 14 heavy (non-hydrogen) atoms. The predicted octanol–water partition coefficient (Wildman–Crippen LogP) is 1.03. The van der Waals surface area contributed by atoms with E-state index in [9.17, 15) is 9.59 Å². The molecule has 0 amide bonds. The first-order valence-corrected chi connectivity index (χ1v) is 4.05. The Balaban J connectivity index is 2.49. The molecule has 0 aliphatic rings. The molecule has 0 saturated carbocycles.